The lowest BCUT2D eigenvalue weighted by atomic mass is 10.1. The first-order valence-electron chi connectivity index (χ1n) is 4.37. The number of hydrogen-bond donors (Lipinski definition) is 0. The van der Waals surface area contributed by atoms with Gasteiger partial charge >= 0.3 is 0 Å². The van der Waals surface area contributed by atoms with Crippen LogP contribution in [0.4, 0.5) is 0 Å². The van der Waals surface area contributed by atoms with E-state index in [1.807, 2.05) is 0 Å². The topological polar surface area (TPSA) is 17.1 Å². The molecule has 0 aliphatic heterocycles. The minimum absolute atomic E-state index is 0.222. The second-order valence-corrected chi connectivity index (χ2v) is 2.68. The zero-order valence-electron chi connectivity index (χ0n) is 7.61. The van der Waals surface area contributed by atoms with E-state index in [1.54, 1.807) is 0 Å². The molecule has 0 N–H and O–H groups in total. The molecule has 0 aromatic carbocycles. The van der Waals surface area contributed by atoms with Crippen LogP contribution in [-0.2, 0) is 4.79 Å². The van der Waals surface area contributed by atoms with E-state index in [-0.39, 0.29) is 5.75 Å². The summed E-state index contributed by atoms with van der Waals surface area (Å²) in [5.41, 5.74) is 0. The fourth-order valence-corrected chi connectivity index (χ4v) is 0.854. The molecule has 2 heteroatoms. The molecule has 0 saturated carbocycles. The van der Waals surface area contributed by atoms with Crippen LogP contribution in [0.5, 0.6) is 0 Å². The van der Waals surface area contributed by atoms with Gasteiger partial charge in [0.05, 0.1) is 0 Å². The maximum Gasteiger partial charge on any atom is 0.208 e. The molecule has 1 nitrogen and oxygen atoms in total. The highest BCUT2D eigenvalue weighted by Gasteiger charge is 1.83. The highest BCUT2D eigenvalue weighted by Crippen LogP contribution is 2.03. The fraction of sp³-hybridized carbons (Fsp3) is 0.889. The summed E-state index contributed by atoms with van der Waals surface area (Å²) in [5, 5.41) is 0. The van der Waals surface area contributed by atoms with Crippen molar-refractivity contribution in [1.29, 1.82) is 0 Å². The smallest absolute Gasteiger partial charge is 0.208 e. The summed E-state index contributed by atoms with van der Waals surface area (Å²) < 4.78 is 0. The van der Waals surface area contributed by atoms with Gasteiger partial charge in [-0.3, -0.25) is 4.79 Å². The minimum atomic E-state index is 0.222. The third-order valence-corrected chi connectivity index (χ3v) is 1.46. The molecule has 0 spiro atoms. The zero-order valence-corrected chi connectivity index (χ0v) is 8.36. The van der Waals surface area contributed by atoms with Crippen LogP contribution in [0.15, 0.2) is 0 Å². The molecule has 0 aliphatic rings. The van der Waals surface area contributed by atoms with Crippen LogP contribution in [0.3, 0.4) is 0 Å². The third-order valence-electron chi connectivity index (χ3n) is 1.46. The molecule has 0 aromatic rings. The predicted molar refractivity (Wildman–Crippen MR) is 51.7 cm³/mol. The highest BCUT2D eigenvalue weighted by atomic mass is 35.5. The molecule has 0 bridgehead atoms. The Morgan fingerprint density at radius 1 is 1.00 bits per heavy atom. The summed E-state index contributed by atoms with van der Waals surface area (Å²) in [7, 11) is 0. The van der Waals surface area contributed by atoms with Gasteiger partial charge in [-0.15, -0.1) is 0 Å². The summed E-state index contributed by atoms with van der Waals surface area (Å²) in [5.74, 6) is 0.222. The standard InChI is InChI=1S/C8H18.CHClO/c1-3-5-7-8-6-4-2;2-1-3/h3-8H2,1-2H3;1H. The summed E-state index contributed by atoms with van der Waals surface area (Å²) in [4.78, 5) is 8.57. The van der Waals surface area contributed by atoms with E-state index >= 15 is 0 Å². The minimum Gasteiger partial charge on any atom is -0.285 e. The van der Waals surface area contributed by atoms with Gasteiger partial charge in [-0.05, 0) is 11.6 Å². The molecule has 11 heavy (non-hydrogen) atoms. The van der Waals surface area contributed by atoms with E-state index in [4.69, 9.17) is 4.79 Å². The Morgan fingerprint density at radius 3 is 1.45 bits per heavy atom. The van der Waals surface area contributed by atoms with Crippen LogP contribution in [0.1, 0.15) is 52.4 Å². The van der Waals surface area contributed by atoms with Crippen molar-refractivity contribution < 1.29 is 4.79 Å². The van der Waals surface area contributed by atoms with Crippen molar-refractivity contribution >= 4 is 17.3 Å². The maximum atomic E-state index is 8.57. The normalized spacial score (nSPS) is 8.27. The van der Waals surface area contributed by atoms with Gasteiger partial charge in [0, 0.05) is 0 Å². The molecular weight excluding hydrogens is 160 g/mol. The maximum absolute atomic E-state index is 8.57. The quantitative estimate of drug-likeness (QED) is 0.356. The van der Waals surface area contributed by atoms with Crippen LogP contribution in [-0.4, -0.2) is 5.75 Å². The number of hydrogen-bond acceptors (Lipinski definition) is 1. The molecule has 0 fully saturated rings. The molecule has 0 aromatic heterocycles. The van der Waals surface area contributed by atoms with Crippen LogP contribution >= 0.6 is 11.6 Å². The molecule has 0 unspecified atom stereocenters. The lowest BCUT2D eigenvalue weighted by molar-refractivity contribution is 0.569. The molecule has 0 amide bonds. The fourth-order valence-electron chi connectivity index (χ4n) is 0.854. The van der Waals surface area contributed by atoms with Crippen molar-refractivity contribution in [2.45, 2.75) is 52.4 Å². The number of carbonyl (C=O) groups excluding carboxylic acids is 1. The molecule has 0 radical (unpaired) electrons. The van der Waals surface area contributed by atoms with Crippen LogP contribution in [0.2, 0.25) is 0 Å². The van der Waals surface area contributed by atoms with Gasteiger partial charge in [0.25, 0.3) is 0 Å². The molecule has 0 saturated heterocycles. The summed E-state index contributed by atoms with van der Waals surface area (Å²) in [6, 6.07) is 0. The molecule has 68 valence electrons. The molecule has 0 heterocycles. The average molecular weight is 179 g/mol. The van der Waals surface area contributed by atoms with E-state index < -0.39 is 0 Å². The second kappa shape index (κ2) is 16.5. The average Bonchev–Trinajstić information content (AvgIpc) is 2.00. The van der Waals surface area contributed by atoms with Crippen molar-refractivity contribution in [2.24, 2.45) is 0 Å². The van der Waals surface area contributed by atoms with Crippen molar-refractivity contribution in [2.75, 3.05) is 0 Å². The van der Waals surface area contributed by atoms with Crippen LogP contribution < -0.4 is 0 Å². The monoisotopic (exact) mass is 178 g/mol. The van der Waals surface area contributed by atoms with Crippen molar-refractivity contribution in [3.05, 3.63) is 0 Å². The van der Waals surface area contributed by atoms with E-state index in [9.17, 15) is 0 Å². The van der Waals surface area contributed by atoms with Gasteiger partial charge in [0.1, 0.15) is 0 Å². The second-order valence-electron chi connectivity index (χ2n) is 2.50. The van der Waals surface area contributed by atoms with Crippen molar-refractivity contribution in [3.8, 4) is 0 Å². The lowest BCUT2D eigenvalue weighted by Gasteiger charge is -1.93. The Hall–Kier alpha value is -0.0400. The largest absolute Gasteiger partial charge is 0.285 e. The number of rotatable bonds is 5. The van der Waals surface area contributed by atoms with Gasteiger partial charge in [-0.1, -0.05) is 52.4 Å². The van der Waals surface area contributed by atoms with Gasteiger partial charge in [0.2, 0.25) is 5.75 Å². The number of carbonyl (C=O) groups is 1. The molecule has 0 rings (SSSR count). The summed E-state index contributed by atoms with van der Waals surface area (Å²) >= 11 is 4.32. The SMILES string of the molecule is CCCCCCCC.O=CCl. The van der Waals surface area contributed by atoms with Gasteiger partial charge in [-0.2, -0.15) is 0 Å². The van der Waals surface area contributed by atoms with E-state index in [2.05, 4.69) is 25.4 Å². The van der Waals surface area contributed by atoms with Crippen molar-refractivity contribution in [1.82, 2.24) is 0 Å². The van der Waals surface area contributed by atoms with Gasteiger partial charge < -0.3 is 0 Å². The summed E-state index contributed by atoms with van der Waals surface area (Å²) in [6.45, 7) is 4.51. The van der Waals surface area contributed by atoms with Crippen LogP contribution in [0, 0.1) is 0 Å². The van der Waals surface area contributed by atoms with Gasteiger partial charge in [0.15, 0.2) is 0 Å². The van der Waals surface area contributed by atoms with Crippen LogP contribution in [0.25, 0.3) is 0 Å². The Bertz CT molecular complexity index is 58.6. The zero-order chi connectivity index (χ0) is 8.95. The first-order valence-corrected chi connectivity index (χ1v) is 4.80. The Labute approximate surface area is 75.1 Å². The highest BCUT2D eigenvalue weighted by molar-refractivity contribution is 6.54. The lowest BCUT2D eigenvalue weighted by Crippen LogP contribution is -1.73. The summed E-state index contributed by atoms with van der Waals surface area (Å²) in [6.07, 6.45) is 8.49. The Kier molecular flexibility index (Phi) is 20.3. The van der Waals surface area contributed by atoms with E-state index in [0.29, 0.717) is 0 Å². The molecular formula is C9H19ClO. The molecule has 0 atom stereocenters. The predicted octanol–water partition coefficient (Wildman–Crippen LogP) is 3.78. The first kappa shape index (κ1) is 13.5. The number of halogens is 1. The van der Waals surface area contributed by atoms with Gasteiger partial charge in [-0.25, -0.2) is 0 Å². The van der Waals surface area contributed by atoms with E-state index in [0.717, 1.165) is 0 Å². The third kappa shape index (κ3) is 25.7. The molecule has 0 aliphatic carbocycles. The Balaban J connectivity index is 0. The first-order chi connectivity index (χ1) is 5.33. The Morgan fingerprint density at radius 2 is 1.27 bits per heavy atom. The van der Waals surface area contributed by atoms with Crippen molar-refractivity contribution in [3.63, 3.8) is 0 Å². The van der Waals surface area contributed by atoms with E-state index in [1.165, 1.54) is 38.5 Å². The number of unbranched alkanes of at least 4 members (excludes halogenated alkanes) is 5.